The number of aromatic nitrogens is 2. The normalized spacial score (nSPS) is 11.9. The van der Waals surface area contributed by atoms with Gasteiger partial charge in [-0.2, -0.15) is 17.6 Å². The Bertz CT molecular complexity index is 1370. The molecule has 5 nitrogen and oxygen atoms in total. The smallest absolute Gasteiger partial charge is 0.357 e. The summed E-state index contributed by atoms with van der Waals surface area (Å²) >= 11 is 5.83. The number of hydrogen-bond acceptors (Lipinski definition) is 3. The highest BCUT2D eigenvalue weighted by molar-refractivity contribution is 6.30. The number of hydrogen-bond donors (Lipinski definition) is 0. The maximum atomic E-state index is 13.2. The Labute approximate surface area is 191 Å². The molecule has 0 N–H and O–H groups in total. The van der Waals surface area contributed by atoms with Gasteiger partial charge in [0, 0.05) is 23.7 Å². The summed E-state index contributed by atoms with van der Waals surface area (Å²) in [5.41, 5.74) is -0.248. The molecule has 0 spiro atoms. The van der Waals surface area contributed by atoms with E-state index >= 15 is 0 Å². The zero-order valence-corrected chi connectivity index (χ0v) is 17.9. The Balaban J connectivity index is 1.62. The molecule has 0 unspecified atom stereocenters. The molecule has 0 saturated carbocycles. The van der Waals surface area contributed by atoms with Gasteiger partial charge in [0.05, 0.1) is 18.3 Å². The summed E-state index contributed by atoms with van der Waals surface area (Å²) in [6.07, 6.45) is 0.697. The molecule has 2 aromatic heterocycles. The van der Waals surface area contributed by atoms with Crippen molar-refractivity contribution in [3.05, 3.63) is 100 Å². The van der Waals surface area contributed by atoms with Crippen molar-refractivity contribution >= 4 is 23.5 Å². The van der Waals surface area contributed by atoms with E-state index in [1.165, 1.54) is 16.5 Å². The van der Waals surface area contributed by atoms with Crippen LogP contribution in [0.2, 0.25) is 5.02 Å². The van der Waals surface area contributed by atoms with Crippen molar-refractivity contribution in [3.8, 4) is 16.9 Å². The topological polar surface area (TPSA) is 47.0 Å². The van der Waals surface area contributed by atoms with E-state index in [9.17, 15) is 18.0 Å². The number of pyridine rings is 1. The lowest BCUT2D eigenvalue weighted by molar-refractivity contribution is -0.672. The number of alkyl halides is 3. The molecule has 9 heteroatoms. The number of fused-ring (bicyclic) bond motifs is 1. The molecule has 4 rings (SSSR count). The molecular weight excluding hydrogens is 455 g/mol. The third-order valence-corrected chi connectivity index (χ3v) is 5.17. The van der Waals surface area contributed by atoms with Crippen molar-refractivity contribution < 1.29 is 22.6 Å². The minimum atomic E-state index is -4.50. The van der Waals surface area contributed by atoms with Crippen LogP contribution in [0.4, 0.5) is 13.2 Å². The van der Waals surface area contributed by atoms with Crippen molar-refractivity contribution in [1.29, 1.82) is 0 Å². The molecule has 0 aliphatic carbocycles. The van der Waals surface area contributed by atoms with E-state index in [-0.39, 0.29) is 11.1 Å². The van der Waals surface area contributed by atoms with Gasteiger partial charge < -0.3 is 4.84 Å². The van der Waals surface area contributed by atoms with Crippen molar-refractivity contribution in [2.24, 2.45) is 5.16 Å². The van der Waals surface area contributed by atoms with Crippen LogP contribution in [-0.2, 0) is 12.7 Å². The number of oxime groups is 1. The van der Waals surface area contributed by atoms with Crippen LogP contribution in [0.25, 0.3) is 16.8 Å². The van der Waals surface area contributed by atoms with E-state index < -0.39 is 17.3 Å². The van der Waals surface area contributed by atoms with Gasteiger partial charge in [-0.25, -0.2) is 9.36 Å². The molecule has 0 atom stereocenters. The molecule has 0 bridgehead atoms. The summed E-state index contributed by atoms with van der Waals surface area (Å²) in [7, 11) is 0. The van der Waals surface area contributed by atoms with Gasteiger partial charge in [-0.1, -0.05) is 35.0 Å². The van der Waals surface area contributed by atoms with Gasteiger partial charge in [0.2, 0.25) is 0 Å². The lowest BCUT2D eigenvalue weighted by Crippen LogP contribution is -2.40. The fourth-order valence-electron chi connectivity index (χ4n) is 3.33. The van der Waals surface area contributed by atoms with Crippen LogP contribution >= 0.6 is 11.6 Å². The molecule has 4 aromatic rings. The van der Waals surface area contributed by atoms with E-state index in [1.54, 1.807) is 65.6 Å². The predicted molar refractivity (Wildman–Crippen MR) is 119 cm³/mol. The Hall–Kier alpha value is -3.65. The van der Waals surface area contributed by atoms with Gasteiger partial charge in [0.15, 0.2) is 5.75 Å². The van der Waals surface area contributed by atoms with Crippen LogP contribution in [0.5, 0.6) is 5.75 Å². The Morgan fingerprint density at radius 3 is 2.61 bits per heavy atom. The summed E-state index contributed by atoms with van der Waals surface area (Å²) in [6.45, 7) is 0.424. The van der Waals surface area contributed by atoms with Crippen molar-refractivity contribution in [2.75, 3.05) is 0 Å². The molecule has 0 radical (unpaired) electrons. The highest BCUT2D eigenvalue weighted by atomic mass is 35.5. The number of halogens is 4. The second-order valence-corrected chi connectivity index (χ2v) is 7.61. The quantitative estimate of drug-likeness (QED) is 0.215. The van der Waals surface area contributed by atoms with Crippen molar-refractivity contribution in [1.82, 2.24) is 4.40 Å². The Morgan fingerprint density at radius 2 is 1.85 bits per heavy atom. The minimum Gasteiger partial charge on any atom is -0.357 e. The van der Waals surface area contributed by atoms with E-state index in [4.69, 9.17) is 16.4 Å². The van der Waals surface area contributed by atoms with E-state index in [0.717, 1.165) is 12.1 Å². The first-order valence-electron chi connectivity index (χ1n) is 9.99. The number of aryl methyl sites for hydroxylation is 1. The van der Waals surface area contributed by atoms with E-state index in [1.807, 2.05) is 0 Å². The van der Waals surface area contributed by atoms with Gasteiger partial charge in [-0.15, -0.1) is 0 Å². The summed E-state index contributed by atoms with van der Waals surface area (Å²) in [6, 6.07) is 16.7. The zero-order chi connectivity index (χ0) is 23.4. The van der Waals surface area contributed by atoms with Crippen molar-refractivity contribution in [2.45, 2.75) is 19.1 Å². The van der Waals surface area contributed by atoms with Gasteiger partial charge >= 0.3 is 11.7 Å². The second-order valence-electron chi connectivity index (χ2n) is 7.17. The molecular formula is C24H18ClF3N3O2+. The predicted octanol–water partition coefficient (Wildman–Crippen LogP) is 5.38. The largest absolute Gasteiger partial charge is 0.416 e. The fraction of sp³-hybridized carbons (Fsp3) is 0.125. The zero-order valence-electron chi connectivity index (χ0n) is 17.2. The standard InChI is InChI=1S/C24H18ClF3N3O2/c25-19-8-10-20(11-9-19)33-29-12-4-13-30-16-21(23(32)31-14-2-1-7-22(30)31)17-5-3-6-18(15-17)24(26,27)28/h1-3,5-12,14-16H,4,13H2/q+1/b29-12+. The minimum absolute atomic E-state index is 0.166. The van der Waals surface area contributed by atoms with Crippen LogP contribution in [-0.4, -0.2) is 10.6 Å². The Morgan fingerprint density at radius 1 is 1.06 bits per heavy atom. The van der Waals surface area contributed by atoms with Crippen LogP contribution < -0.4 is 15.0 Å². The first-order chi connectivity index (χ1) is 15.8. The van der Waals surface area contributed by atoms with Gasteiger partial charge in [-0.05, 0) is 48.0 Å². The third kappa shape index (κ3) is 5.23. The highest BCUT2D eigenvalue weighted by Crippen LogP contribution is 2.31. The molecule has 2 aromatic carbocycles. The monoisotopic (exact) mass is 472 g/mol. The highest BCUT2D eigenvalue weighted by Gasteiger charge is 2.31. The summed E-state index contributed by atoms with van der Waals surface area (Å²) in [5, 5.41) is 4.52. The molecule has 0 fully saturated rings. The van der Waals surface area contributed by atoms with E-state index in [2.05, 4.69) is 5.16 Å². The molecule has 0 aliphatic heterocycles. The van der Waals surface area contributed by atoms with Gasteiger partial charge in [0.25, 0.3) is 5.65 Å². The lowest BCUT2D eigenvalue weighted by atomic mass is 10.1. The SMILES string of the molecule is O=c1c(-c2cccc(C(F)(F)F)c2)c[n+](CC/C=N/Oc2ccc(Cl)cc2)c2ccccn12. The second kappa shape index (κ2) is 9.46. The number of rotatable bonds is 6. The summed E-state index contributed by atoms with van der Waals surface area (Å²) < 4.78 is 42.7. The van der Waals surface area contributed by atoms with Crippen LogP contribution in [0.15, 0.2) is 89.1 Å². The summed E-state index contributed by atoms with van der Waals surface area (Å²) in [4.78, 5) is 18.3. The molecule has 168 valence electrons. The number of nitrogens with zero attached hydrogens (tertiary/aromatic N) is 3. The van der Waals surface area contributed by atoms with Crippen LogP contribution in [0.3, 0.4) is 0 Å². The van der Waals surface area contributed by atoms with Crippen LogP contribution in [0.1, 0.15) is 12.0 Å². The van der Waals surface area contributed by atoms with Gasteiger partial charge in [0.1, 0.15) is 11.8 Å². The molecule has 0 saturated heterocycles. The van der Waals surface area contributed by atoms with Gasteiger partial charge in [-0.3, -0.25) is 0 Å². The molecule has 0 aliphatic rings. The van der Waals surface area contributed by atoms with Crippen LogP contribution in [0, 0.1) is 0 Å². The maximum absolute atomic E-state index is 13.2. The fourth-order valence-corrected chi connectivity index (χ4v) is 3.46. The molecule has 0 amide bonds. The third-order valence-electron chi connectivity index (χ3n) is 4.91. The molecule has 33 heavy (non-hydrogen) atoms. The first-order valence-corrected chi connectivity index (χ1v) is 10.4. The average molecular weight is 473 g/mol. The summed E-state index contributed by atoms with van der Waals surface area (Å²) in [5.74, 6) is 0.534. The van der Waals surface area contributed by atoms with E-state index in [0.29, 0.717) is 29.4 Å². The molecule has 2 heterocycles. The lowest BCUT2D eigenvalue weighted by Gasteiger charge is -2.09. The average Bonchev–Trinajstić information content (AvgIpc) is 2.81. The number of benzene rings is 2. The van der Waals surface area contributed by atoms with Crippen molar-refractivity contribution in [3.63, 3.8) is 0 Å². The Kier molecular flexibility index (Phi) is 6.46. The maximum Gasteiger partial charge on any atom is 0.416 e. The first kappa shape index (κ1) is 22.5.